The second-order valence-electron chi connectivity index (χ2n) is 5.79. The maximum absolute atomic E-state index is 12.6. The molecule has 1 aromatic carbocycles. The maximum Gasteiger partial charge on any atom is 0.325 e. The summed E-state index contributed by atoms with van der Waals surface area (Å²) in [5, 5.41) is 2.44. The minimum Gasteiger partial charge on any atom is -0.493 e. The summed E-state index contributed by atoms with van der Waals surface area (Å²) in [6, 6.07) is 5.41. The molecule has 2 aromatic rings. The largest absolute Gasteiger partial charge is 0.493 e. The predicted molar refractivity (Wildman–Crippen MR) is 105 cm³/mol. The van der Waals surface area contributed by atoms with Gasteiger partial charge in [-0.3, -0.25) is 14.4 Å². The van der Waals surface area contributed by atoms with Crippen molar-refractivity contribution in [1.29, 1.82) is 0 Å². The number of thiazole rings is 1. The Balaban J connectivity index is 2.15. The van der Waals surface area contributed by atoms with Gasteiger partial charge in [0.1, 0.15) is 18.1 Å². The zero-order chi connectivity index (χ0) is 21.4. The minimum absolute atomic E-state index is 0.0716. The zero-order valence-corrected chi connectivity index (χ0v) is 17.4. The fraction of sp³-hybridized carbons (Fsp3) is 0.368. The summed E-state index contributed by atoms with van der Waals surface area (Å²) in [4.78, 5) is 41.2. The Labute approximate surface area is 172 Å². The Morgan fingerprint density at radius 2 is 1.59 bits per heavy atom. The van der Waals surface area contributed by atoms with E-state index in [1.54, 1.807) is 31.7 Å². The first kappa shape index (κ1) is 22.2. The molecular weight excluding hydrogens is 400 g/mol. The third kappa shape index (κ3) is 5.92. The molecule has 10 heteroatoms. The van der Waals surface area contributed by atoms with Gasteiger partial charge in [-0.05, 0) is 18.2 Å². The number of methoxy groups -OCH3 is 4. The smallest absolute Gasteiger partial charge is 0.325 e. The summed E-state index contributed by atoms with van der Waals surface area (Å²) >= 11 is 1.36. The molecule has 2 rings (SSSR count). The summed E-state index contributed by atoms with van der Waals surface area (Å²) < 4.78 is 19.7. The lowest BCUT2D eigenvalue weighted by Gasteiger charge is -2.19. The first-order valence-corrected chi connectivity index (χ1v) is 9.38. The van der Waals surface area contributed by atoms with Crippen LogP contribution in [0.2, 0.25) is 0 Å². The Hall–Kier alpha value is -3.14. The van der Waals surface area contributed by atoms with Crippen LogP contribution >= 0.6 is 11.3 Å². The van der Waals surface area contributed by atoms with Crippen LogP contribution < -0.4 is 9.47 Å². The predicted octanol–water partition coefficient (Wildman–Crippen LogP) is 1.54. The molecule has 156 valence electrons. The zero-order valence-electron chi connectivity index (χ0n) is 16.6. The number of amides is 1. The van der Waals surface area contributed by atoms with Crippen molar-refractivity contribution >= 4 is 29.2 Å². The number of aromatic nitrogens is 1. The van der Waals surface area contributed by atoms with Gasteiger partial charge in [0.15, 0.2) is 11.5 Å². The number of benzene rings is 1. The van der Waals surface area contributed by atoms with Crippen LogP contribution in [-0.2, 0) is 30.3 Å². The van der Waals surface area contributed by atoms with Crippen LogP contribution in [0, 0.1) is 0 Å². The Morgan fingerprint density at radius 3 is 2.14 bits per heavy atom. The van der Waals surface area contributed by atoms with Gasteiger partial charge in [0.05, 0.1) is 40.6 Å². The van der Waals surface area contributed by atoms with E-state index in [0.29, 0.717) is 22.2 Å². The average Bonchev–Trinajstić information content (AvgIpc) is 3.20. The van der Waals surface area contributed by atoms with Crippen molar-refractivity contribution in [2.75, 3.05) is 41.5 Å². The van der Waals surface area contributed by atoms with Crippen molar-refractivity contribution in [1.82, 2.24) is 9.88 Å². The molecule has 0 saturated carbocycles. The minimum atomic E-state index is -0.633. The molecule has 0 atom stereocenters. The van der Waals surface area contributed by atoms with Gasteiger partial charge in [-0.1, -0.05) is 0 Å². The highest BCUT2D eigenvalue weighted by Crippen LogP contribution is 2.33. The highest BCUT2D eigenvalue weighted by Gasteiger charge is 2.22. The number of esters is 2. The second-order valence-corrected chi connectivity index (χ2v) is 6.65. The average molecular weight is 422 g/mol. The third-order valence-corrected chi connectivity index (χ3v) is 4.90. The molecule has 9 nitrogen and oxygen atoms in total. The number of hydrogen-bond donors (Lipinski definition) is 0. The lowest BCUT2D eigenvalue weighted by atomic mass is 10.2. The maximum atomic E-state index is 12.6. The Kier molecular flexibility index (Phi) is 7.96. The molecule has 0 aliphatic carbocycles. The summed E-state index contributed by atoms with van der Waals surface area (Å²) in [7, 11) is 5.52. The Bertz CT molecular complexity index is 863. The molecule has 0 bridgehead atoms. The summed E-state index contributed by atoms with van der Waals surface area (Å²) in [5.74, 6) is -0.535. The van der Waals surface area contributed by atoms with E-state index in [2.05, 4.69) is 14.5 Å². The van der Waals surface area contributed by atoms with E-state index < -0.39 is 17.8 Å². The van der Waals surface area contributed by atoms with Crippen molar-refractivity contribution in [3.63, 3.8) is 0 Å². The van der Waals surface area contributed by atoms with E-state index in [4.69, 9.17) is 9.47 Å². The molecule has 0 spiro atoms. The van der Waals surface area contributed by atoms with Crippen molar-refractivity contribution < 1.29 is 33.3 Å². The van der Waals surface area contributed by atoms with Crippen molar-refractivity contribution in [3.05, 3.63) is 29.3 Å². The molecule has 0 N–H and O–H groups in total. The van der Waals surface area contributed by atoms with E-state index in [1.165, 1.54) is 25.6 Å². The second kappa shape index (κ2) is 10.4. The molecule has 0 radical (unpaired) electrons. The van der Waals surface area contributed by atoms with Gasteiger partial charge in [-0.15, -0.1) is 11.3 Å². The molecule has 0 unspecified atom stereocenters. The molecule has 0 fully saturated rings. The van der Waals surface area contributed by atoms with Gasteiger partial charge in [0.2, 0.25) is 5.91 Å². The first-order chi connectivity index (χ1) is 13.9. The number of nitrogens with zero attached hydrogens (tertiary/aromatic N) is 2. The third-order valence-electron chi connectivity index (χ3n) is 3.96. The number of ether oxygens (including phenoxy) is 4. The molecule has 1 aromatic heterocycles. The van der Waals surface area contributed by atoms with Crippen LogP contribution in [0.1, 0.15) is 5.69 Å². The van der Waals surface area contributed by atoms with Crippen molar-refractivity contribution in [2.45, 2.75) is 6.42 Å². The molecular formula is C19H22N2O7S. The lowest BCUT2D eigenvalue weighted by molar-refractivity contribution is -0.151. The molecule has 1 heterocycles. The van der Waals surface area contributed by atoms with E-state index in [1.807, 2.05) is 6.07 Å². The quantitative estimate of drug-likeness (QED) is 0.561. The van der Waals surface area contributed by atoms with Crippen LogP contribution in [0.5, 0.6) is 11.5 Å². The van der Waals surface area contributed by atoms with Crippen LogP contribution in [0.4, 0.5) is 0 Å². The SMILES string of the molecule is COC(=O)CN(CC(=O)OC)C(=O)Cc1csc(-c2ccc(OC)c(OC)c2)n1. The van der Waals surface area contributed by atoms with Crippen LogP contribution in [-0.4, -0.2) is 69.3 Å². The number of carbonyl (C=O) groups excluding carboxylic acids is 3. The first-order valence-electron chi connectivity index (χ1n) is 8.50. The lowest BCUT2D eigenvalue weighted by Crippen LogP contribution is -2.41. The van der Waals surface area contributed by atoms with Crippen LogP contribution in [0.15, 0.2) is 23.6 Å². The standard InChI is InChI=1S/C19H22N2O7S/c1-25-14-6-5-12(7-15(14)26-2)19-20-13(11-29-19)8-16(22)21(9-17(23)27-3)10-18(24)28-4/h5-7,11H,8-10H2,1-4H3. The van der Waals surface area contributed by atoms with E-state index in [9.17, 15) is 14.4 Å². The highest BCUT2D eigenvalue weighted by atomic mass is 32.1. The monoisotopic (exact) mass is 422 g/mol. The molecule has 0 aliphatic rings. The molecule has 29 heavy (non-hydrogen) atoms. The molecule has 0 saturated heterocycles. The topological polar surface area (TPSA) is 104 Å². The molecule has 1 amide bonds. The van der Waals surface area contributed by atoms with Gasteiger partial charge >= 0.3 is 11.9 Å². The number of rotatable bonds is 9. The van der Waals surface area contributed by atoms with E-state index in [0.717, 1.165) is 10.5 Å². The Morgan fingerprint density at radius 1 is 0.966 bits per heavy atom. The normalized spacial score (nSPS) is 10.2. The summed E-state index contributed by atoms with van der Waals surface area (Å²) in [6.07, 6.45) is -0.0716. The van der Waals surface area contributed by atoms with Crippen LogP contribution in [0.25, 0.3) is 10.6 Å². The van der Waals surface area contributed by atoms with Crippen molar-refractivity contribution in [2.24, 2.45) is 0 Å². The number of carbonyl (C=O) groups is 3. The van der Waals surface area contributed by atoms with Crippen molar-refractivity contribution in [3.8, 4) is 22.1 Å². The summed E-state index contributed by atoms with van der Waals surface area (Å²) in [6.45, 7) is -0.700. The van der Waals surface area contributed by atoms with E-state index >= 15 is 0 Å². The van der Waals surface area contributed by atoms with Gasteiger partial charge in [-0.25, -0.2) is 4.98 Å². The fourth-order valence-corrected chi connectivity index (χ4v) is 3.25. The van der Waals surface area contributed by atoms with Gasteiger partial charge in [-0.2, -0.15) is 0 Å². The highest BCUT2D eigenvalue weighted by molar-refractivity contribution is 7.13. The van der Waals surface area contributed by atoms with Gasteiger partial charge in [0.25, 0.3) is 0 Å². The summed E-state index contributed by atoms with van der Waals surface area (Å²) in [5.41, 5.74) is 1.33. The molecule has 0 aliphatic heterocycles. The van der Waals surface area contributed by atoms with Gasteiger partial charge in [0, 0.05) is 10.9 Å². The van der Waals surface area contributed by atoms with Gasteiger partial charge < -0.3 is 23.8 Å². The fourth-order valence-electron chi connectivity index (χ4n) is 2.43. The van der Waals surface area contributed by atoms with E-state index in [-0.39, 0.29) is 19.5 Å². The van der Waals surface area contributed by atoms with Crippen LogP contribution in [0.3, 0.4) is 0 Å². The number of hydrogen-bond acceptors (Lipinski definition) is 9.